The summed E-state index contributed by atoms with van der Waals surface area (Å²) in [4.78, 5) is 21.5. The molecular weight excluding hydrogens is 408 g/mol. The largest absolute Gasteiger partial charge is 0.369 e. The monoisotopic (exact) mass is 438 g/mol. The molecule has 0 spiro atoms. The number of piperidine rings is 1. The molecule has 3 atom stereocenters. The molecule has 3 heterocycles. The minimum atomic E-state index is -0.0847. The average Bonchev–Trinajstić information content (AvgIpc) is 3.27. The Labute approximate surface area is 189 Å². The van der Waals surface area contributed by atoms with Crippen molar-refractivity contribution < 1.29 is 4.79 Å². The van der Waals surface area contributed by atoms with Gasteiger partial charge in [-0.25, -0.2) is 4.98 Å². The number of pyridine rings is 1. The molecule has 1 amide bonds. The normalized spacial score (nSPS) is 25.9. The molecule has 3 unspecified atom stereocenters. The van der Waals surface area contributed by atoms with Crippen LogP contribution >= 0.6 is 11.6 Å². The number of rotatable bonds is 4. The molecule has 3 fully saturated rings. The molecule has 1 saturated carbocycles. The fourth-order valence-corrected chi connectivity index (χ4v) is 5.80. The summed E-state index contributed by atoms with van der Waals surface area (Å²) >= 11 is 5.82. The fourth-order valence-electron chi connectivity index (χ4n) is 5.69. The highest BCUT2D eigenvalue weighted by molar-refractivity contribution is 6.29. The standard InChI is InChI=1S/C25H31ClN4O/c26-24-12-7-19(16-27-24)25(31)28-20-13-15-29(17-20)21-8-10-22(11-9-21)30-14-3-5-18-4-1-2-6-23(18)30/h7-12,16,18,20,23H,1-6,13-15,17H2,(H,28,31). The predicted octanol–water partition coefficient (Wildman–Crippen LogP) is 4.90. The molecule has 1 aliphatic carbocycles. The summed E-state index contributed by atoms with van der Waals surface area (Å²) in [5.41, 5.74) is 3.17. The maximum Gasteiger partial charge on any atom is 0.253 e. The topological polar surface area (TPSA) is 48.5 Å². The number of amides is 1. The fraction of sp³-hybridized carbons (Fsp3) is 0.520. The number of anilines is 2. The summed E-state index contributed by atoms with van der Waals surface area (Å²) in [6, 6.07) is 13.4. The molecule has 31 heavy (non-hydrogen) atoms. The summed E-state index contributed by atoms with van der Waals surface area (Å²) in [7, 11) is 0. The number of aromatic nitrogens is 1. The lowest BCUT2D eigenvalue weighted by Crippen LogP contribution is -2.46. The number of carbonyl (C=O) groups excluding carboxylic acids is 1. The highest BCUT2D eigenvalue weighted by atomic mass is 35.5. The van der Waals surface area contributed by atoms with E-state index in [1.807, 2.05) is 0 Å². The molecule has 1 N–H and O–H groups in total. The molecule has 6 heteroatoms. The Hall–Kier alpha value is -2.27. The molecule has 2 aliphatic heterocycles. The molecule has 1 aromatic heterocycles. The zero-order valence-corrected chi connectivity index (χ0v) is 18.7. The number of carbonyl (C=O) groups is 1. The van der Waals surface area contributed by atoms with Crippen molar-refractivity contribution >= 4 is 28.9 Å². The highest BCUT2D eigenvalue weighted by Crippen LogP contribution is 2.38. The van der Waals surface area contributed by atoms with Gasteiger partial charge in [0, 0.05) is 49.3 Å². The van der Waals surface area contributed by atoms with E-state index in [1.54, 1.807) is 12.1 Å². The number of nitrogens with zero attached hydrogens (tertiary/aromatic N) is 3. The molecular formula is C25H31ClN4O. The number of benzene rings is 1. The van der Waals surface area contributed by atoms with Crippen molar-refractivity contribution in [2.45, 2.75) is 57.0 Å². The van der Waals surface area contributed by atoms with E-state index in [-0.39, 0.29) is 11.9 Å². The Morgan fingerprint density at radius 3 is 2.52 bits per heavy atom. The first-order chi connectivity index (χ1) is 15.2. The Kier molecular flexibility index (Phi) is 6.04. The van der Waals surface area contributed by atoms with E-state index in [0.29, 0.717) is 10.7 Å². The van der Waals surface area contributed by atoms with E-state index in [1.165, 1.54) is 62.6 Å². The van der Waals surface area contributed by atoms with E-state index >= 15 is 0 Å². The predicted molar refractivity (Wildman–Crippen MR) is 126 cm³/mol. The third-order valence-corrected chi connectivity index (χ3v) is 7.53. The van der Waals surface area contributed by atoms with E-state index in [4.69, 9.17) is 11.6 Å². The van der Waals surface area contributed by atoms with Crippen LogP contribution in [0.5, 0.6) is 0 Å². The number of halogens is 1. The van der Waals surface area contributed by atoms with Gasteiger partial charge in [0.1, 0.15) is 5.15 Å². The minimum Gasteiger partial charge on any atom is -0.369 e. The average molecular weight is 439 g/mol. The Morgan fingerprint density at radius 2 is 1.71 bits per heavy atom. The van der Waals surface area contributed by atoms with Crippen LogP contribution in [0.4, 0.5) is 11.4 Å². The number of fused-ring (bicyclic) bond motifs is 1. The first kappa shape index (κ1) is 20.6. The molecule has 2 saturated heterocycles. The van der Waals surface area contributed by atoms with Gasteiger partial charge in [-0.3, -0.25) is 4.79 Å². The first-order valence-corrected chi connectivity index (χ1v) is 12.1. The van der Waals surface area contributed by atoms with Gasteiger partial charge in [-0.1, -0.05) is 24.4 Å². The van der Waals surface area contributed by atoms with Crippen LogP contribution in [0, 0.1) is 5.92 Å². The maximum atomic E-state index is 12.5. The van der Waals surface area contributed by atoms with Crippen molar-refractivity contribution in [3.05, 3.63) is 53.3 Å². The van der Waals surface area contributed by atoms with Gasteiger partial charge < -0.3 is 15.1 Å². The lowest BCUT2D eigenvalue weighted by Gasteiger charge is -2.45. The molecule has 2 aromatic rings. The summed E-state index contributed by atoms with van der Waals surface area (Å²) in [6.07, 6.45) is 10.8. The molecule has 0 bridgehead atoms. The zero-order valence-electron chi connectivity index (χ0n) is 18.0. The van der Waals surface area contributed by atoms with Crippen LogP contribution in [0.15, 0.2) is 42.6 Å². The minimum absolute atomic E-state index is 0.0847. The van der Waals surface area contributed by atoms with Crippen LogP contribution in [0.3, 0.4) is 0 Å². The summed E-state index contributed by atoms with van der Waals surface area (Å²) in [6.45, 7) is 2.98. The van der Waals surface area contributed by atoms with Crippen LogP contribution in [-0.2, 0) is 0 Å². The Bertz CT molecular complexity index is 899. The van der Waals surface area contributed by atoms with Crippen LogP contribution in [0.1, 0.15) is 55.3 Å². The number of hydrogen-bond acceptors (Lipinski definition) is 4. The van der Waals surface area contributed by atoms with Gasteiger partial charge in [-0.05, 0) is 74.4 Å². The molecule has 0 radical (unpaired) electrons. The lowest BCUT2D eigenvalue weighted by molar-refractivity contribution is 0.0940. The van der Waals surface area contributed by atoms with Gasteiger partial charge in [-0.2, -0.15) is 0 Å². The third kappa shape index (κ3) is 4.52. The molecule has 3 aliphatic rings. The van der Waals surface area contributed by atoms with Crippen molar-refractivity contribution in [1.82, 2.24) is 10.3 Å². The SMILES string of the molecule is O=C(NC1CCN(c2ccc(N3CCCC4CCCCC43)cc2)C1)c1ccc(Cl)nc1. The van der Waals surface area contributed by atoms with E-state index in [9.17, 15) is 4.79 Å². The van der Waals surface area contributed by atoms with Crippen molar-refractivity contribution in [3.8, 4) is 0 Å². The van der Waals surface area contributed by atoms with Crippen molar-refractivity contribution in [2.24, 2.45) is 5.92 Å². The van der Waals surface area contributed by atoms with Crippen molar-refractivity contribution in [1.29, 1.82) is 0 Å². The van der Waals surface area contributed by atoms with Gasteiger partial charge in [-0.15, -0.1) is 0 Å². The summed E-state index contributed by atoms with van der Waals surface area (Å²) in [5, 5.41) is 3.54. The molecule has 164 valence electrons. The molecule has 5 rings (SSSR count). The van der Waals surface area contributed by atoms with Crippen molar-refractivity contribution in [2.75, 3.05) is 29.4 Å². The maximum absolute atomic E-state index is 12.5. The quantitative estimate of drug-likeness (QED) is 0.689. The van der Waals surface area contributed by atoms with Crippen LogP contribution in [0.25, 0.3) is 0 Å². The first-order valence-electron chi connectivity index (χ1n) is 11.7. The second kappa shape index (κ2) is 9.07. The van der Waals surface area contributed by atoms with Crippen LogP contribution in [-0.4, -0.2) is 42.6 Å². The van der Waals surface area contributed by atoms with Gasteiger partial charge in [0.05, 0.1) is 5.56 Å². The Morgan fingerprint density at radius 1 is 0.935 bits per heavy atom. The van der Waals surface area contributed by atoms with E-state index in [0.717, 1.165) is 31.5 Å². The lowest BCUT2D eigenvalue weighted by atomic mass is 9.78. The third-order valence-electron chi connectivity index (χ3n) is 7.30. The summed E-state index contributed by atoms with van der Waals surface area (Å²) < 4.78 is 0. The van der Waals surface area contributed by atoms with Crippen molar-refractivity contribution in [3.63, 3.8) is 0 Å². The van der Waals surface area contributed by atoms with Crippen LogP contribution < -0.4 is 15.1 Å². The van der Waals surface area contributed by atoms with Crippen LogP contribution in [0.2, 0.25) is 5.15 Å². The second-order valence-corrected chi connectivity index (χ2v) is 9.63. The molecule has 5 nitrogen and oxygen atoms in total. The zero-order chi connectivity index (χ0) is 21.2. The van der Waals surface area contributed by atoms with Gasteiger partial charge in [0.25, 0.3) is 5.91 Å². The van der Waals surface area contributed by atoms with Gasteiger partial charge in [0.2, 0.25) is 0 Å². The second-order valence-electron chi connectivity index (χ2n) is 9.24. The number of hydrogen-bond donors (Lipinski definition) is 1. The molecule has 1 aromatic carbocycles. The van der Waals surface area contributed by atoms with Gasteiger partial charge >= 0.3 is 0 Å². The summed E-state index contributed by atoms with van der Waals surface area (Å²) in [5.74, 6) is 0.805. The van der Waals surface area contributed by atoms with E-state index < -0.39 is 0 Å². The van der Waals surface area contributed by atoms with Gasteiger partial charge in [0.15, 0.2) is 0 Å². The smallest absolute Gasteiger partial charge is 0.253 e. The highest BCUT2D eigenvalue weighted by Gasteiger charge is 2.33. The Balaban J connectivity index is 1.20. The van der Waals surface area contributed by atoms with E-state index in [2.05, 4.69) is 44.4 Å². The number of nitrogens with one attached hydrogen (secondary N) is 1.